The number of para-hydroxylation sites is 1. The minimum Gasteiger partial charge on any atom is -0.508 e. The third-order valence-electron chi connectivity index (χ3n) is 21.0. The van der Waals surface area contributed by atoms with Crippen LogP contribution in [0.3, 0.4) is 0 Å². The number of rotatable bonds is 2. The molecule has 7 aromatic rings. The molecule has 1 N–H and O–H groups in total. The van der Waals surface area contributed by atoms with Gasteiger partial charge in [0.2, 0.25) is 0 Å². The van der Waals surface area contributed by atoms with E-state index in [0.717, 1.165) is 12.0 Å². The molecule has 0 aliphatic heterocycles. The van der Waals surface area contributed by atoms with Crippen molar-refractivity contribution in [3.05, 3.63) is 137 Å². The Morgan fingerprint density at radius 1 is 0.702 bits per heavy atom. The molecule has 0 saturated carbocycles. The lowest BCUT2D eigenvalue weighted by atomic mass is 9.50. The average molecular weight is 719 g/mol. The molecule has 0 saturated heterocycles. The summed E-state index contributed by atoms with van der Waals surface area (Å²) >= 11 is 0. The zero-order chi connectivity index (χ0) is 35.1. The fraction of sp³-hybridized carbons (Fsp3) is 0.286. The predicted octanol–water partition coefficient (Wildman–Crippen LogP) is 11.1. The van der Waals surface area contributed by atoms with Crippen LogP contribution in [0, 0.1) is 29.6 Å². The molecule has 1 spiro atoms. The number of hydrogen-bond acceptors (Lipinski definition) is 1. The third kappa shape index (κ3) is 1.76. The molecule has 0 bridgehead atoms. The van der Waals surface area contributed by atoms with Crippen LogP contribution in [-0.2, 0) is 24.7 Å². The van der Waals surface area contributed by atoms with Crippen LogP contribution in [0.5, 0.6) is 5.75 Å². The number of fused-ring (bicyclic) bond motifs is 6. The van der Waals surface area contributed by atoms with Gasteiger partial charge in [0.1, 0.15) is 5.75 Å². The lowest BCUT2D eigenvalue weighted by molar-refractivity contribution is 0.341. The Labute approximate surface area is 325 Å². The van der Waals surface area contributed by atoms with E-state index in [1.54, 1.807) is 115 Å². The van der Waals surface area contributed by atoms with Gasteiger partial charge in [-0.05, 0) is 251 Å². The van der Waals surface area contributed by atoms with E-state index in [-0.39, 0.29) is 5.41 Å². The Morgan fingerprint density at radius 3 is 2.53 bits per heavy atom. The highest BCUT2D eigenvalue weighted by Crippen LogP contribution is 2.86. The molecular formula is C56H30O. The molecule has 22 rings (SSSR count). The molecule has 260 valence electrons. The lowest BCUT2D eigenvalue weighted by Gasteiger charge is -2.51. The number of phenols is 1. The maximum Gasteiger partial charge on any atom is 0.118 e. The van der Waals surface area contributed by atoms with Crippen molar-refractivity contribution < 1.29 is 5.11 Å². The molecule has 0 amide bonds. The summed E-state index contributed by atoms with van der Waals surface area (Å²) in [5.41, 5.74) is 36.8. The van der Waals surface area contributed by atoms with Crippen LogP contribution >= 0.6 is 0 Å². The topological polar surface area (TPSA) is 20.2 Å². The lowest BCUT2D eigenvalue weighted by Crippen LogP contribution is -2.44. The van der Waals surface area contributed by atoms with Crippen molar-refractivity contribution in [2.45, 2.75) is 68.1 Å². The van der Waals surface area contributed by atoms with E-state index < -0.39 is 0 Å². The fourth-order valence-electron chi connectivity index (χ4n) is 20.6. The fourth-order valence-corrected chi connectivity index (χ4v) is 20.6. The maximum atomic E-state index is 11.5. The summed E-state index contributed by atoms with van der Waals surface area (Å²) in [6.45, 7) is 0. The first-order chi connectivity index (χ1) is 28.3. The maximum absolute atomic E-state index is 11.5. The van der Waals surface area contributed by atoms with Crippen molar-refractivity contribution >= 4 is 70.6 Å². The van der Waals surface area contributed by atoms with Crippen molar-refractivity contribution in [1.29, 1.82) is 0 Å². The molecule has 1 nitrogen and oxygen atoms in total. The summed E-state index contributed by atoms with van der Waals surface area (Å²) in [6.07, 6.45) is 11.3. The van der Waals surface area contributed by atoms with Gasteiger partial charge in [0.15, 0.2) is 0 Å². The van der Waals surface area contributed by atoms with Gasteiger partial charge in [0, 0.05) is 17.8 Å². The van der Waals surface area contributed by atoms with E-state index >= 15 is 0 Å². The molecular weight excluding hydrogens is 689 g/mol. The van der Waals surface area contributed by atoms with Crippen LogP contribution in [0.4, 0.5) is 0 Å². The molecule has 0 aromatic heterocycles. The molecule has 0 heterocycles. The quantitative estimate of drug-likeness (QED) is 0.139. The van der Waals surface area contributed by atoms with E-state index in [4.69, 9.17) is 0 Å². The summed E-state index contributed by atoms with van der Waals surface area (Å²) in [5.74, 6) is 5.11. The smallest absolute Gasteiger partial charge is 0.118 e. The number of phenolic OH excluding ortho intramolecular Hbond substituents is 1. The highest BCUT2D eigenvalue weighted by atomic mass is 16.3. The van der Waals surface area contributed by atoms with Gasteiger partial charge in [-0.2, -0.15) is 0 Å². The summed E-state index contributed by atoms with van der Waals surface area (Å²) in [7, 11) is 0. The van der Waals surface area contributed by atoms with Gasteiger partial charge in [-0.25, -0.2) is 0 Å². The summed E-state index contributed by atoms with van der Waals surface area (Å²) in [6, 6.07) is 13.9. The summed E-state index contributed by atoms with van der Waals surface area (Å²) in [5, 5.41) is 30.3. The Balaban J connectivity index is 1.09. The standard InChI is InChI=1S/C56H30O/c57-26-7-2-1-4-15(26)12-25-33-21-9-8-20-32-24-14-18-11-16-10-17-13-23-31-19-5-3-6-22-30(19)48-40(31)42-35(23)27(17)38-29(16)39-28(18)36(24)43-41(32)49-34(20)37(21)53(33)56(52(22)25)54(48)50-46(42)44(38)45(39)47(43)51(50)55(49)56/h1-2,4,7,9-11,19-20,24-25,31-32,36,52,57H,3,5-6,8,12-14H2/t19?,20?,24?,25?,31?,32?,36?,52?,56-/m0/s1. The zero-order valence-electron chi connectivity index (χ0n) is 31.1. The van der Waals surface area contributed by atoms with Crippen molar-refractivity contribution in [3.63, 3.8) is 0 Å². The highest BCUT2D eigenvalue weighted by molar-refractivity contribution is 6.48. The molecule has 9 atom stereocenters. The Kier molecular flexibility index (Phi) is 2.89. The first-order valence-electron chi connectivity index (χ1n) is 22.6. The van der Waals surface area contributed by atoms with E-state index in [9.17, 15) is 5.11 Å². The zero-order valence-corrected chi connectivity index (χ0v) is 31.1. The second-order valence-electron chi connectivity index (χ2n) is 21.7. The minimum absolute atomic E-state index is 0.0771. The predicted molar refractivity (Wildman–Crippen MR) is 224 cm³/mol. The molecule has 1 heteroatoms. The summed E-state index contributed by atoms with van der Waals surface area (Å²) in [4.78, 5) is 0. The molecule has 8 unspecified atom stereocenters. The van der Waals surface area contributed by atoms with Crippen LogP contribution in [0.2, 0.25) is 0 Å². The SMILES string of the molecule is Oc1ccccc1CC1C2=C3C4=C5c6c7c8c9c%10c%11c%12c%13c(cc%14cc%15c(c-%10c%14%12)C8C(C%15)C7C5CC=C42)CC2=c%13c4c5c7c8c(c9c6[C@@]38C1C1=C7C(CCC1)C25)c4%11. The summed E-state index contributed by atoms with van der Waals surface area (Å²) < 4.78 is 0. The van der Waals surface area contributed by atoms with Crippen molar-refractivity contribution in [2.24, 2.45) is 29.6 Å². The minimum atomic E-state index is -0.0771. The second-order valence-corrected chi connectivity index (χ2v) is 21.7. The average Bonchev–Trinajstić information content (AvgIpc) is 4.08. The van der Waals surface area contributed by atoms with Gasteiger partial charge < -0.3 is 5.11 Å². The monoisotopic (exact) mass is 718 g/mol. The van der Waals surface area contributed by atoms with E-state index in [1.165, 1.54) is 38.5 Å². The molecule has 0 radical (unpaired) electrons. The van der Waals surface area contributed by atoms with Gasteiger partial charge in [-0.1, -0.05) is 42.0 Å². The Hall–Kier alpha value is -5.40. The Morgan fingerprint density at radius 2 is 1.58 bits per heavy atom. The number of allylic oxidation sites excluding steroid dienone is 8. The number of aromatic hydroxyl groups is 1. The van der Waals surface area contributed by atoms with Gasteiger partial charge in [0.05, 0.1) is 5.41 Å². The van der Waals surface area contributed by atoms with E-state index in [1.807, 2.05) is 67.8 Å². The first kappa shape index (κ1) is 25.1. The second kappa shape index (κ2) is 6.57. The third-order valence-corrected chi connectivity index (χ3v) is 21.0. The van der Waals surface area contributed by atoms with Crippen LogP contribution in [0.15, 0.2) is 70.3 Å². The van der Waals surface area contributed by atoms with Crippen LogP contribution < -0.4 is 5.22 Å². The van der Waals surface area contributed by atoms with Crippen LogP contribution in [0.1, 0.15) is 105 Å². The molecule has 15 aliphatic carbocycles. The molecule has 57 heavy (non-hydrogen) atoms. The highest BCUT2D eigenvalue weighted by Gasteiger charge is 2.74. The van der Waals surface area contributed by atoms with E-state index in [0.29, 0.717) is 53.1 Å². The normalized spacial score (nSPS) is 35.4. The van der Waals surface area contributed by atoms with Crippen molar-refractivity contribution in [2.75, 3.05) is 0 Å². The molecule has 0 fully saturated rings. The molecule has 15 aliphatic rings. The number of hydrogen-bond donors (Lipinski definition) is 1. The van der Waals surface area contributed by atoms with Gasteiger partial charge in [0.25, 0.3) is 0 Å². The first-order valence-corrected chi connectivity index (χ1v) is 22.6. The van der Waals surface area contributed by atoms with Gasteiger partial charge in [-0.3, -0.25) is 0 Å². The number of benzene rings is 7. The van der Waals surface area contributed by atoms with Crippen molar-refractivity contribution in [1.82, 2.24) is 0 Å². The van der Waals surface area contributed by atoms with E-state index in [2.05, 4.69) is 30.3 Å². The van der Waals surface area contributed by atoms with Gasteiger partial charge in [-0.15, -0.1) is 0 Å². The van der Waals surface area contributed by atoms with Gasteiger partial charge >= 0.3 is 0 Å². The largest absolute Gasteiger partial charge is 0.508 e. The van der Waals surface area contributed by atoms with Crippen LogP contribution in [-0.4, -0.2) is 5.11 Å². The molecule has 7 aromatic carbocycles. The Bertz CT molecular complexity index is 4000. The van der Waals surface area contributed by atoms with Crippen LogP contribution in [0.25, 0.3) is 81.7 Å². The van der Waals surface area contributed by atoms with Crippen molar-refractivity contribution in [3.8, 4) is 16.9 Å².